The molecule has 0 saturated heterocycles. The zero-order valence-electron chi connectivity index (χ0n) is 20.0. The molecule has 1 aliphatic rings. The molecule has 3 aromatic carbocycles. The number of rotatable bonds is 6. The molecule has 0 spiro atoms. The van der Waals surface area contributed by atoms with Crippen molar-refractivity contribution in [2.45, 2.75) is 13.0 Å². The fourth-order valence-corrected chi connectivity index (χ4v) is 4.21. The number of para-hydroxylation sites is 2. The highest BCUT2D eigenvalue weighted by atomic mass is 16.5. The van der Waals surface area contributed by atoms with E-state index in [0.717, 1.165) is 11.1 Å². The Balaban J connectivity index is 1.59. The maximum absolute atomic E-state index is 13.7. The number of phenols is 1. The smallest absolute Gasteiger partial charge is 0.255 e. The number of nitrogens with zero attached hydrogens (tertiary/aromatic N) is 3. The summed E-state index contributed by atoms with van der Waals surface area (Å²) in [5.74, 6) is 2.10. The van der Waals surface area contributed by atoms with E-state index in [1.54, 1.807) is 55.3 Å². The van der Waals surface area contributed by atoms with Gasteiger partial charge in [0.2, 0.25) is 5.95 Å². The Kier molecular flexibility index (Phi) is 6.03. The number of aromatic nitrogens is 3. The molecule has 2 heterocycles. The first-order chi connectivity index (χ1) is 17.5. The second kappa shape index (κ2) is 9.46. The van der Waals surface area contributed by atoms with Crippen molar-refractivity contribution in [1.29, 1.82) is 0 Å². The molecule has 1 unspecified atom stereocenters. The summed E-state index contributed by atoms with van der Waals surface area (Å²) in [6, 6.07) is 20.9. The van der Waals surface area contributed by atoms with Crippen LogP contribution in [0.5, 0.6) is 17.2 Å². The second-order valence-electron chi connectivity index (χ2n) is 8.24. The number of anilines is 2. The number of ether oxygens (including phenoxy) is 2. The molecule has 1 amide bonds. The quantitative estimate of drug-likeness (QED) is 0.368. The molecular formula is C27H25N5O4. The molecule has 0 aliphatic carbocycles. The Hall–Kier alpha value is -4.79. The lowest BCUT2D eigenvalue weighted by atomic mass is 9.95. The summed E-state index contributed by atoms with van der Waals surface area (Å²) in [4.78, 5) is 18.4. The number of aromatic hydroxyl groups is 1. The summed E-state index contributed by atoms with van der Waals surface area (Å²) in [6.45, 7) is 1.84. The van der Waals surface area contributed by atoms with Gasteiger partial charge in [0, 0.05) is 11.3 Å². The van der Waals surface area contributed by atoms with E-state index >= 15 is 0 Å². The molecule has 0 radical (unpaired) electrons. The highest BCUT2D eigenvalue weighted by Gasteiger charge is 2.34. The molecule has 1 aromatic heterocycles. The molecule has 5 rings (SSSR count). The van der Waals surface area contributed by atoms with E-state index in [1.807, 2.05) is 43.3 Å². The third kappa shape index (κ3) is 4.22. The van der Waals surface area contributed by atoms with Gasteiger partial charge in [0.25, 0.3) is 5.91 Å². The van der Waals surface area contributed by atoms with Gasteiger partial charge in [-0.25, -0.2) is 4.68 Å². The number of fused-ring (bicyclic) bond motifs is 1. The summed E-state index contributed by atoms with van der Waals surface area (Å²) >= 11 is 0. The van der Waals surface area contributed by atoms with Crippen LogP contribution < -0.4 is 20.1 Å². The number of nitrogens with one attached hydrogen (secondary N) is 2. The van der Waals surface area contributed by atoms with E-state index in [0.29, 0.717) is 40.2 Å². The first-order valence-electron chi connectivity index (χ1n) is 11.3. The molecule has 9 heteroatoms. The lowest BCUT2D eigenvalue weighted by molar-refractivity contribution is -0.113. The largest absolute Gasteiger partial charge is 0.508 e. The second-order valence-corrected chi connectivity index (χ2v) is 8.24. The third-order valence-electron chi connectivity index (χ3n) is 6.01. The summed E-state index contributed by atoms with van der Waals surface area (Å²) in [5, 5.41) is 20.6. The normalized spacial score (nSPS) is 14.6. The van der Waals surface area contributed by atoms with Crippen LogP contribution in [-0.4, -0.2) is 40.0 Å². The van der Waals surface area contributed by atoms with Gasteiger partial charge in [-0.2, -0.15) is 4.98 Å². The predicted octanol–water partition coefficient (Wildman–Crippen LogP) is 4.60. The number of carbonyl (C=O) groups is 1. The average Bonchev–Trinajstić information content (AvgIpc) is 3.32. The van der Waals surface area contributed by atoms with Crippen LogP contribution in [0.25, 0.3) is 11.4 Å². The monoisotopic (exact) mass is 483 g/mol. The van der Waals surface area contributed by atoms with Crippen LogP contribution in [0.2, 0.25) is 0 Å². The standard InChI is InChI=1S/C27H25N5O4/c1-16-23(26(34)29-21-6-4-5-7-22(21)36-3)24(17-10-14-20(35-2)15-11-17)32-27(28-16)30-25(31-32)18-8-12-19(33)13-9-18/h4-15,24,33H,1-3H3,(H,29,34)(H,28,30,31). The average molecular weight is 484 g/mol. The zero-order chi connectivity index (χ0) is 25.2. The van der Waals surface area contributed by atoms with Crippen molar-refractivity contribution in [2.75, 3.05) is 24.9 Å². The Morgan fingerprint density at radius 1 is 1.00 bits per heavy atom. The number of carbonyl (C=O) groups excluding carboxylic acids is 1. The number of amides is 1. The molecule has 1 atom stereocenters. The first-order valence-corrected chi connectivity index (χ1v) is 11.3. The van der Waals surface area contributed by atoms with Crippen LogP contribution in [0, 0.1) is 0 Å². The van der Waals surface area contributed by atoms with E-state index in [2.05, 4.69) is 15.6 Å². The lowest BCUT2D eigenvalue weighted by Gasteiger charge is -2.29. The van der Waals surface area contributed by atoms with E-state index in [1.165, 1.54) is 0 Å². The SMILES string of the molecule is COc1ccc(C2C(C(=O)Nc3ccccc3OC)=C(C)Nc3nc(-c4ccc(O)cc4)nn32)cc1. The minimum absolute atomic E-state index is 0.157. The van der Waals surface area contributed by atoms with Crippen LogP contribution in [0.1, 0.15) is 18.5 Å². The third-order valence-corrected chi connectivity index (χ3v) is 6.01. The molecule has 9 nitrogen and oxygen atoms in total. The van der Waals surface area contributed by atoms with E-state index in [4.69, 9.17) is 14.6 Å². The summed E-state index contributed by atoms with van der Waals surface area (Å²) in [5.41, 5.74) is 3.28. The zero-order valence-corrected chi connectivity index (χ0v) is 20.0. The maximum atomic E-state index is 13.7. The van der Waals surface area contributed by atoms with Crippen LogP contribution in [-0.2, 0) is 4.79 Å². The molecule has 3 N–H and O–H groups in total. The molecule has 0 saturated carbocycles. The van der Waals surface area contributed by atoms with Crippen molar-refractivity contribution in [2.24, 2.45) is 0 Å². The minimum atomic E-state index is -0.555. The van der Waals surface area contributed by atoms with Crippen LogP contribution >= 0.6 is 0 Å². The molecule has 1 aliphatic heterocycles. The van der Waals surface area contributed by atoms with Crippen molar-refractivity contribution in [3.05, 3.63) is 89.6 Å². The molecule has 0 bridgehead atoms. The topological polar surface area (TPSA) is 111 Å². The Morgan fingerprint density at radius 2 is 1.72 bits per heavy atom. The summed E-state index contributed by atoms with van der Waals surface area (Å²) < 4.78 is 12.4. The molecule has 4 aromatic rings. The van der Waals surface area contributed by atoms with Crippen molar-refractivity contribution in [3.8, 4) is 28.6 Å². The minimum Gasteiger partial charge on any atom is -0.508 e. The summed E-state index contributed by atoms with van der Waals surface area (Å²) in [7, 11) is 3.17. The van der Waals surface area contributed by atoms with Gasteiger partial charge in [-0.1, -0.05) is 24.3 Å². The predicted molar refractivity (Wildman–Crippen MR) is 136 cm³/mol. The van der Waals surface area contributed by atoms with Gasteiger partial charge in [0.05, 0.1) is 25.5 Å². The summed E-state index contributed by atoms with van der Waals surface area (Å²) in [6.07, 6.45) is 0. The Labute approximate surface area is 208 Å². The molecule has 182 valence electrons. The van der Waals surface area contributed by atoms with E-state index in [9.17, 15) is 9.90 Å². The number of benzene rings is 3. The number of methoxy groups -OCH3 is 2. The Morgan fingerprint density at radius 3 is 2.42 bits per heavy atom. The highest BCUT2D eigenvalue weighted by Crippen LogP contribution is 2.38. The van der Waals surface area contributed by atoms with E-state index in [-0.39, 0.29) is 11.7 Å². The highest BCUT2D eigenvalue weighted by molar-refractivity contribution is 6.06. The molecule has 36 heavy (non-hydrogen) atoms. The van der Waals surface area contributed by atoms with Gasteiger partial charge in [-0.05, 0) is 61.0 Å². The molecular weight excluding hydrogens is 458 g/mol. The van der Waals surface area contributed by atoms with Crippen LogP contribution in [0.4, 0.5) is 11.6 Å². The van der Waals surface area contributed by atoms with Gasteiger partial charge < -0.3 is 25.2 Å². The van der Waals surface area contributed by atoms with E-state index < -0.39 is 6.04 Å². The maximum Gasteiger partial charge on any atom is 0.255 e. The fourth-order valence-electron chi connectivity index (χ4n) is 4.21. The van der Waals surface area contributed by atoms with Crippen molar-refractivity contribution in [3.63, 3.8) is 0 Å². The van der Waals surface area contributed by atoms with Crippen molar-refractivity contribution >= 4 is 17.5 Å². The van der Waals surface area contributed by atoms with Crippen molar-refractivity contribution in [1.82, 2.24) is 14.8 Å². The number of hydrogen-bond donors (Lipinski definition) is 3. The van der Waals surface area contributed by atoms with Gasteiger partial charge in [-0.15, -0.1) is 5.10 Å². The van der Waals surface area contributed by atoms with Crippen LogP contribution in [0.15, 0.2) is 84.1 Å². The van der Waals surface area contributed by atoms with Crippen LogP contribution in [0.3, 0.4) is 0 Å². The number of allylic oxidation sites excluding steroid dienone is 1. The van der Waals surface area contributed by atoms with Gasteiger partial charge in [0.1, 0.15) is 23.3 Å². The van der Waals surface area contributed by atoms with Gasteiger partial charge in [-0.3, -0.25) is 4.79 Å². The van der Waals surface area contributed by atoms with Gasteiger partial charge >= 0.3 is 0 Å². The fraction of sp³-hybridized carbons (Fsp3) is 0.148. The number of hydrogen-bond acceptors (Lipinski definition) is 7. The molecule has 0 fully saturated rings. The first kappa shape index (κ1) is 23.0. The lowest BCUT2D eigenvalue weighted by Crippen LogP contribution is -2.31. The van der Waals surface area contributed by atoms with Gasteiger partial charge in [0.15, 0.2) is 5.82 Å². The number of phenolic OH excluding ortho intramolecular Hbond substituents is 1. The Bertz CT molecular complexity index is 1440. The van der Waals surface area contributed by atoms with Crippen molar-refractivity contribution < 1.29 is 19.4 Å².